The molecule has 3 rings (SSSR count). The Morgan fingerprint density at radius 1 is 1.12 bits per heavy atom. The molecule has 2 N–H and O–H groups in total. The first-order valence-corrected chi connectivity index (χ1v) is 8.31. The molecule has 1 fully saturated rings. The molecule has 1 saturated carbocycles. The summed E-state index contributed by atoms with van der Waals surface area (Å²) in [7, 11) is 1.58. The van der Waals surface area contributed by atoms with Gasteiger partial charge in [-0.05, 0) is 43.2 Å². The van der Waals surface area contributed by atoms with Gasteiger partial charge in [0.25, 0.3) is 0 Å². The number of para-hydroxylation sites is 1. The van der Waals surface area contributed by atoms with Crippen LogP contribution in [0.4, 0.5) is 5.69 Å². The van der Waals surface area contributed by atoms with Crippen LogP contribution in [0, 0.1) is 16.7 Å². The molecule has 2 aromatic carbocycles. The molecule has 0 atom stereocenters. The van der Waals surface area contributed by atoms with Crippen molar-refractivity contribution in [3.8, 4) is 11.8 Å². The third-order valence-electron chi connectivity index (χ3n) is 4.52. The number of hydrogen-bond acceptors (Lipinski definition) is 4. The van der Waals surface area contributed by atoms with E-state index < -0.39 is 5.41 Å². The fraction of sp³-hybridized carbons (Fsp3) is 0.250. The summed E-state index contributed by atoms with van der Waals surface area (Å²) in [6.07, 6.45) is 1.04. The van der Waals surface area contributed by atoms with Gasteiger partial charge in [0.1, 0.15) is 11.2 Å². The third kappa shape index (κ3) is 3.52. The van der Waals surface area contributed by atoms with Crippen LogP contribution < -0.4 is 15.4 Å². The molecule has 26 heavy (non-hydrogen) atoms. The van der Waals surface area contributed by atoms with Crippen molar-refractivity contribution in [2.24, 2.45) is 5.41 Å². The minimum atomic E-state index is -1.02. The van der Waals surface area contributed by atoms with Gasteiger partial charge in [-0.2, -0.15) is 5.26 Å². The second-order valence-electron chi connectivity index (χ2n) is 6.22. The summed E-state index contributed by atoms with van der Waals surface area (Å²) in [6, 6.07) is 16.0. The summed E-state index contributed by atoms with van der Waals surface area (Å²) in [5, 5.41) is 14.4. The predicted octanol–water partition coefficient (Wildman–Crippen LogP) is 2.60. The number of nitriles is 1. The Labute approximate surface area is 151 Å². The maximum Gasteiger partial charge on any atom is 0.240 e. The summed E-state index contributed by atoms with van der Waals surface area (Å²) < 4.78 is 5.27. The first-order valence-electron chi connectivity index (χ1n) is 8.31. The molecule has 0 heterocycles. The van der Waals surface area contributed by atoms with Crippen LogP contribution in [-0.4, -0.2) is 18.9 Å². The van der Waals surface area contributed by atoms with E-state index in [0.29, 0.717) is 36.4 Å². The summed E-state index contributed by atoms with van der Waals surface area (Å²) in [4.78, 5) is 25.1. The molecule has 0 radical (unpaired) electrons. The van der Waals surface area contributed by atoms with Crippen LogP contribution in [0.25, 0.3) is 0 Å². The van der Waals surface area contributed by atoms with Crippen molar-refractivity contribution in [2.75, 3.05) is 12.4 Å². The van der Waals surface area contributed by atoms with E-state index in [9.17, 15) is 9.59 Å². The number of methoxy groups -OCH3 is 1. The smallest absolute Gasteiger partial charge is 0.240 e. The number of rotatable bonds is 6. The first kappa shape index (κ1) is 17.5. The van der Waals surface area contributed by atoms with Gasteiger partial charge in [-0.25, -0.2) is 0 Å². The second kappa shape index (κ2) is 7.28. The average Bonchev–Trinajstić information content (AvgIpc) is 3.49. The molecule has 0 unspecified atom stereocenters. The molecule has 0 spiro atoms. The second-order valence-corrected chi connectivity index (χ2v) is 6.22. The molecule has 6 heteroatoms. The Morgan fingerprint density at radius 3 is 2.42 bits per heavy atom. The van der Waals surface area contributed by atoms with Crippen LogP contribution in [-0.2, 0) is 16.1 Å². The summed E-state index contributed by atoms with van der Waals surface area (Å²) in [5.74, 6) is 0.0916. The average molecular weight is 349 g/mol. The van der Waals surface area contributed by atoms with E-state index in [1.807, 2.05) is 30.3 Å². The van der Waals surface area contributed by atoms with Crippen molar-refractivity contribution in [3.63, 3.8) is 0 Å². The highest BCUT2D eigenvalue weighted by atomic mass is 16.5. The highest BCUT2D eigenvalue weighted by Crippen LogP contribution is 2.47. The molecule has 0 bridgehead atoms. The zero-order chi connectivity index (χ0) is 18.6. The molecular formula is C20H19N3O3. The molecule has 2 aromatic rings. The van der Waals surface area contributed by atoms with E-state index in [0.717, 1.165) is 5.56 Å². The monoisotopic (exact) mass is 349 g/mol. The van der Waals surface area contributed by atoms with Gasteiger partial charge in [0.15, 0.2) is 0 Å². The SMILES string of the molecule is COc1ccccc1CNC(=O)C1(C(=O)Nc2ccc(C#N)cc2)CC1. The third-order valence-corrected chi connectivity index (χ3v) is 4.52. The summed E-state index contributed by atoms with van der Waals surface area (Å²) in [5.41, 5.74) is 0.916. The molecule has 132 valence electrons. The number of carbonyl (C=O) groups is 2. The Kier molecular flexibility index (Phi) is 4.90. The minimum absolute atomic E-state index is 0.283. The molecular weight excluding hydrogens is 330 g/mol. The van der Waals surface area contributed by atoms with Crippen molar-refractivity contribution >= 4 is 17.5 Å². The number of nitrogens with one attached hydrogen (secondary N) is 2. The van der Waals surface area contributed by atoms with Gasteiger partial charge in [-0.1, -0.05) is 18.2 Å². The molecule has 0 aliphatic heterocycles. The number of ether oxygens (including phenoxy) is 1. The normalized spacial score (nSPS) is 14.0. The topological polar surface area (TPSA) is 91.2 Å². The largest absolute Gasteiger partial charge is 0.496 e. The van der Waals surface area contributed by atoms with Gasteiger partial charge >= 0.3 is 0 Å². The van der Waals surface area contributed by atoms with Gasteiger partial charge in [0.05, 0.1) is 18.7 Å². The fourth-order valence-electron chi connectivity index (χ4n) is 2.75. The number of anilines is 1. The number of carbonyl (C=O) groups excluding carboxylic acids is 2. The number of hydrogen-bond donors (Lipinski definition) is 2. The predicted molar refractivity (Wildman–Crippen MR) is 96.3 cm³/mol. The molecule has 0 aromatic heterocycles. The lowest BCUT2D eigenvalue weighted by Gasteiger charge is -2.16. The van der Waals surface area contributed by atoms with Crippen LogP contribution in [0.1, 0.15) is 24.0 Å². The Morgan fingerprint density at radius 2 is 1.81 bits per heavy atom. The number of amides is 2. The lowest BCUT2D eigenvalue weighted by molar-refractivity contribution is -0.134. The first-order chi connectivity index (χ1) is 12.6. The maximum absolute atomic E-state index is 12.6. The zero-order valence-electron chi connectivity index (χ0n) is 14.4. The van der Waals surface area contributed by atoms with Crippen LogP contribution in [0.2, 0.25) is 0 Å². The van der Waals surface area contributed by atoms with E-state index in [2.05, 4.69) is 10.6 Å². The van der Waals surface area contributed by atoms with Crippen molar-refractivity contribution < 1.29 is 14.3 Å². The Hall–Kier alpha value is -3.33. The van der Waals surface area contributed by atoms with E-state index in [1.165, 1.54) is 0 Å². The summed E-state index contributed by atoms with van der Waals surface area (Å²) >= 11 is 0. The van der Waals surface area contributed by atoms with Gasteiger partial charge in [-0.3, -0.25) is 9.59 Å². The van der Waals surface area contributed by atoms with Crippen LogP contribution in [0.15, 0.2) is 48.5 Å². The Bertz CT molecular complexity index is 865. The van der Waals surface area contributed by atoms with Crippen molar-refractivity contribution in [2.45, 2.75) is 19.4 Å². The molecule has 1 aliphatic carbocycles. The van der Waals surface area contributed by atoms with E-state index >= 15 is 0 Å². The van der Waals surface area contributed by atoms with E-state index in [-0.39, 0.29) is 11.8 Å². The molecule has 6 nitrogen and oxygen atoms in total. The molecule has 0 saturated heterocycles. The lowest BCUT2D eigenvalue weighted by Crippen LogP contribution is -2.39. The number of nitrogens with zero attached hydrogens (tertiary/aromatic N) is 1. The van der Waals surface area contributed by atoms with E-state index in [4.69, 9.17) is 10.00 Å². The Balaban J connectivity index is 1.63. The van der Waals surface area contributed by atoms with E-state index in [1.54, 1.807) is 31.4 Å². The highest BCUT2D eigenvalue weighted by molar-refractivity contribution is 6.13. The van der Waals surface area contributed by atoms with Gasteiger partial charge in [-0.15, -0.1) is 0 Å². The minimum Gasteiger partial charge on any atom is -0.496 e. The van der Waals surface area contributed by atoms with Crippen molar-refractivity contribution in [3.05, 3.63) is 59.7 Å². The van der Waals surface area contributed by atoms with Gasteiger partial charge < -0.3 is 15.4 Å². The maximum atomic E-state index is 12.6. The van der Waals surface area contributed by atoms with Crippen LogP contribution in [0.3, 0.4) is 0 Å². The fourth-order valence-corrected chi connectivity index (χ4v) is 2.75. The zero-order valence-corrected chi connectivity index (χ0v) is 14.4. The van der Waals surface area contributed by atoms with Crippen LogP contribution >= 0.6 is 0 Å². The summed E-state index contributed by atoms with van der Waals surface area (Å²) in [6.45, 7) is 0.300. The van der Waals surface area contributed by atoms with Crippen molar-refractivity contribution in [1.29, 1.82) is 5.26 Å². The lowest BCUT2D eigenvalue weighted by atomic mass is 10.0. The molecule has 1 aliphatic rings. The number of benzene rings is 2. The molecule has 2 amide bonds. The van der Waals surface area contributed by atoms with Gasteiger partial charge in [0, 0.05) is 17.8 Å². The van der Waals surface area contributed by atoms with Gasteiger partial charge in [0.2, 0.25) is 11.8 Å². The van der Waals surface area contributed by atoms with Crippen LogP contribution in [0.5, 0.6) is 5.75 Å². The standard InChI is InChI=1S/C20H19N3O3/c1-26-17-5-3-2-4-15(17)13-22-18(24)20(10-11-20)19(25)23-16-8-6-14(12-21)7-9-16/h2-9H,10-11,13H2,1H3,(H,22,24)(H,23,25). The van der Waals surface area contributed by atoms with Crippen molar-refractivity contribution in [1.82, 2.24) is 5.32 Å². The quantitative estimate of drug-likeness (QED) is 0.784. The highest BCUT2D eigenvalue weighted by Gasteiger charge is 2.56.